The number of ether oxygens (including phenoxy) is 1. The van der Waals surface area contributed by atoms with Crippen LogP contribution in [0.25, 0.3) is 0 Å². The first-order valence-electron chi connectivity index (χ1n) is 6.40. The molecule has 0 bridgehead atoms. The van der Waals surface area contributed by atoms with Gasteiger partial charge in [-0.2, -0.15) is 10.5 Å². The molecular formula is C17H12N2O2S. The summed E-state index contributed by atoms with van der Waals surface area (Å²) in [4.78, 5) is 13.1. The van der Waals surface area contributed by atoms with E-state index in [4.69, 9.17) is 10.00 Å². The Bertz CT molecular complexity index is 816. The number of hydrogen-bond donors (Lipinski definition) is 0. The fourth-order valence-corrected chi connectivity index (χ4v) is 2.95. The molecule has 2 aromatic carbocycles. The van der Waals surface area contributed by atoms with Crippen LogP contribution < -0.4 is 0 Å². The third-order valence-electron chi connectivity index (χ3n) is 3.07. The number of rotatable bonds is 3. The maximum Gasteiger partial charge on any atom is 0.337 e. The minimum absolute atomic E-state index is 0.358. The molecule has 0 aliphatic heterocycles. The summed E-state index contributed by atoms with van der Waals surface area (Å²) in [6, 6.07) is 14.5. The Labute approximate surface area is 132 Å². The molecule has 0 unspecified atom stereocenters. The molecule has 0 radical (unpaired) electrons. The average Bonchev–Trinajstić information content (AvgIpc) is 2.55. The first-order chi connectivity index (χ1) is 10.6. The molecule has 0 saturated heterocycles. The minimum atomic E-state index is -0.385. The van der Waals surface area contributed by atoms with E-state index in [1.807, 2.05) is 19.1 Å². The number of hydrogen-bond acceptors (Lipinski definition) is 5. The average molecular weight is 308 g/mol. The maximum absolute atomic E-state index is 11.5. The van der Waals surface area contributed by atoms with Gasteiger partial charge < -0.3 is 4.74 Å². The predicted molar refractivity (Wildman–Crippen MR) is 82.5 cm³/mol. The molecule has 0 amide bonds. The van der Waals surface area contributed by atoms with Crippen LogP contribution in [0.5, 0.6) is 0 Å². The molecule has 0 N–H and O–H groups in total. The second-order valence-electron chi connectivity index (χ2n) is 4.48. The molecule has 0 heterocycles. The Balaban J connectivity index is 2.39. The highest BCUT2D eigenvalue weighted by Gasteiger charge is 2.12. The van der Waals surface area contributed by atoms with Crippen molar-refractivity contribution in [3.8, 4) is 12.1 Å². The summed E-state index contributed by atoms with van der Waals surface area (Å²) in [5.41, 5.74) is 2.11. The zero-order valence-corrected chi connectivity index (χ0v) is 12.9. The van der Waals surface area contributed by atoms with Crippen molar-refractivity contribution < 1.29 is 9.53 Å². The van der Waals surface area contributed by atoms with Crippen molar-refractivity contribution in [1.29, 1.82) is 10.5 Å². The monoisotopic (exact) mass is 308 g/mol. The highest BCUT2D eigenvalue weighted by Crippen LogP contribution is 2.34. The highest BCUT2D eigenvalue weighted by molar-refractivity contribution is 7.99. The van der Waals surface area contributed by atoms with E-state index in [9.17, 15) is 10.1 Å². The van der Waals surface area contributed by atoms with E-state index in [1.54, 1.807) is 30.3 Å². The van der Waals surface area contributed by atoms with Gasteiger partial charge in [0.2, 0.25) is 0 Å². The molecule has 4 nitrogen and oxygen atoms in total. The minimum Gasteiger partial charge on any atom is -0.465 e. The highest BCUT2D eigenvalue weighted by atomic mass is 32.2. The van der Waals surface area contributed by atoms with Crippen LogP contribution in [0.4, 0.5) is 0 Å². The Morgan fingerprint density at radius 2 is 1.91 bits per heavy atom. The van der Waals surface area contributed by atoms with E-state index in [2.05, 4.69) is 6.07 Å². The molecule has 0 atom stereocenters. The lowest BCUT2D eigenvalue weighted by atomic mass is 10.1. The van der Waals surface area contributed by atoms with Crippen LogP contribution in [0.15, 0.2) is 46.2 Å². The van der Waals surface area contributed by atoms with Crippen LogP contribution in [0, 0.1) is 29.6 Å². The van der Waals surface area contributed by atoms with Gasteiger partial charge in [0.15, 0.2) is 0 Å². The molecule has 0 saturated carbocycles. The van der Waals surface area contributed by atoms with Crippen molar-refractivity contribution in [2.45, 2.75) is 16.7 Å². The quantitative estimate of drug-likeness (QED) is 0.809. The molecule has 108 valence electrons. The molecule has 2 aromatic rings. The van der Waals surface area contributed by atoms with E-state index < -0.39 is 0 Å². The van der Waals surface area contributed by atoms with Gasteiger partial charge in [-0.25, -0.2) is 4.79 Å². The van der Waals surface area contributed by atoms with Crippen molar-refractivity contribution in [3.05, 3.63) is 58.7 Å². The molecule has 0 aliphatic rings. The van der Waals surface area contributed by atoms with Crippen molar-refractivity contribution in [3.63, 3.8) is 0 Å². The summed E-state index contributed by atoms with van der Waals surface area (Å²) >= 11 is 1.40. The van der Waals surface area contributed by atoms with Crippen LogP contribution in [-0.2, 0) is 4.74 Å². The van der Waals surface area contributed by atoms with Crippen LogP contribution in [0.3, 0.4) is 0 Å². The molecule has 5 heteroatoms. The van der Waals surface area contributed by atoms with Crippen molar-refractivity contribution in [2.75, 3.05) is 7.11 Å². The smallest absolute Gasteiger partial charge is 0.337 e. The van der Waals surface area contributed by atoms with E-state index in [-0.39, 0.29) is 5.97 Å². The van der Waals surface area contributed by atoms with Crippen molar-refractivity contribution in [2.24, 2.45) is 0 Å². The number of esters is 1. The zero-order valence-electron chi connectivity index (χ0n) is 12.1. The van der Waals surface area contributed by atoms with E-state index in [0.717, 1.165) is 15.4 Å². The number of benzene rings is 2. The molecule has 0 spiro atoms. The summed E-state index contributed by atoms with van der Waals surface area (Å²) in [5.74, 6) is -0.385. The number of carbonyl (C=O) groups excluding carboxylic acids is 1. The molecule has 0 aliphatic carbocycles. The lowest BCUT2D eigenvalue weighted by Gasteiger charge is -2.09. The zero-order chi connectivity index (χ0) is 16.1. The fourth-order valence-electron chi connectivity index (χ4n) is 1.95. The van der Waals surface area contributed by atoms with Gasteiger partial charge in [-0.1, -0.05) is 17.8 Å². The second-order valence-corrected chi connectivity index (χ2v) is 5.56. The molecule has 22 heavy (non-hydrogen) atoms. The molecule has 0 aromatic heterocycles. The number of methoxy groups -OCH3 is 1. The van der Waals surface area contributed by atoms with Gasteiger partial charge in [-0.15, -0.1) is 0 Å². The Kier molecular flexibility index (Phi) is 4.83. The van der Waals surface area contributed by atoms with Crippen LogP contribution in [0.1, 0.15) is 27.0 Å². The van der Waals surface area contributed by atoms with Gasteiger partial charge in [0.05, 0.1) is 23.8 Å². The van der Waals surface area contributed by atoms with E-state index in [0.29, 0.717) is 16.7 Å². The van der Waals surface area contributed by atoms with Crippen molar-refractivity contribution >= 4 is 17.7 Å². The number of carbonyl (C=O) groups is 1. The Morgan fingerprint density at radius 1 is 1.14 bits per heavy atom. The Hall–Kier alpha value is -2.76. The van der Waals surface area contributed by atoms with E-state index >= 15 is 0 Å². The summed E-state index contributed by atoms with van der Waals surface area (Å²) < 4.78 is 4.69. The second kappa shape index (κ2) is 6.80. The van der Waals surface area contributed by atoms with Crippen LogP contribution >= 0.6 is 11.8 Å². The number of nitrogens with zero attached hydrogens (tertiary/aromatic N) is 2. The maximum atomic E-state index is 11.5. The fraction of sp³-hybridized carbons (Fsp3) is 0.118. The standard InChI is InChI=1S/C17H12N2O2S/c1-11-8-12(17(20)21-2)6-7-15(11)22-16-5-3-4-13(9-18)14(16)10-19/h3-8H,1-2H3. The summed E-state index contributed by atoms with van der Waals surface area (Å²) in [6.45, 7) is 1.88. The summed E-state index contributed by atoms with van der Waals surface area (Å²) in [6.07, 6.45) is 0. The van der Waals surface area contributed by atoms with Gasteiger partial charge in [0, 0.05) is 9.79 Å². The molecule has 0 fully saturated rings. The van der Waals surface area contributed by atoms with Crippen LogP contribution in [0.2, 0.25) is 0 Å². The van der Waals surface area contributed by atoms with E-state index in [1.165, 1.54) is 18.9 Å². The SMILES string of the molecule is COC(=O)c1ccc(Sc2cccc(C#N)c2C#N)c(C)c1. The number of nitriles is 2. The summed E-state index contributed by atoms with van der Waals surface area (Å²) in [7, 11) is 1.34. The number of aryl methyl sites for hydroxylation is 1. The first kappa shape index (κ1) is 15.6. The lowest BCUT2D eigenvalue weighted by molar-refractivity contribution is 0.0600. The predicted octanol–water partition coefficient (Wildman–Crippen LogP) is 3.68. The molecular weight excluding hydrogens is 296 g/mol. The Morgan fingerprint density at radius 3 is 2.50 bits per heavy atom. The van der Waals surface area contributed by atoms with Gasteiger partial charge >= 0.3 is 5.97 Å². The van der Waals surface area contributed by atoms with Crippen LogP contribution in [-0.4, -0.2) is 13.1 Å². The van der Waals surface area contributed by atoms with Gasteiger partial charge in [-0.05, 0) is 42.8 Å². The largest absolute Gasteiger partial charge is 0.465 e. The normalized spacial score (nSPS) is 9.64. The third-order valence-corrected chi connectivity index (χ3v) is 4.31. The first-order valence-corrected chi connectivity index (χ1v) is 7.22. The van der Waals surface area contributed by atoms with Gasteiger partial charge in [-0.3, -0.25) is 0 Å². The molecule has 2 rings (SSSR count). The van der Waals surface area contributed by atoms with Gasteiger partial charge in [0.1, 0.15) is 12.1 Å². The third kappa shape index (κ3) is 3.11. The lowest BCUT2D eigenvalue weighted by Crippen LogP contribution is -2.01. The van der Waals surface area contributed by atoms with Crippen molar-refractivity contribution in [1.82, 2.24) is 0 Å². The summed E-state index contributed by atoms with van der Waals surface area (Å²) in [5, 5.41) is 18.3. The topological polar surface area (TPSA) is 73.9 Å². The van der Waals surface area contributed by atoms with Gasteiger partial charge in [0.25, 0.3) is 0 Å².